The largest absolute Gasteiger partial charge is 0.356 e. The molecule has 5 nitrogen and oxygen atoms in total. The van der Waals surface area contributed by atoms with E-state index in [2.05, 4.69) is 15.3 Å². The molecular formula is C15H17FN4OS. The summed E-state index contributed by atoms with van der Waals surface area (Å²) in [5.41, 5.74) is 0.910. The zero-order chi connectivity index (χ0) is 15.5. The van der Waals surface area contributed by atoms with E-state index < -0.39 is 5.95 Å². The monoisotopic (exact) mass is 320 g/mol. The summed E-state index contributed by atoms with van der Waals surface area (Å²) in [5, 5.41) is 5.43. The van der Waals surface area contributed by atoms with E-state index in [0.717, 1.165) is 18.5 Å². The molecule has 0 radical (unpaired) electrons. The topological polar surface area (TPSA) is 58.1 Å². The molecule has 1 N–H and O–H groups in total. The number of nitrogens with zero attached hydrogens (tertiary/aromatic N) is 3. The van der Waals surface area contributed by atoms with Gasteiger partial charge in [0.15, 0.2) is 5.13 Å². The molecule has 3 heterocycles. The average molecular weight is 320 g/mol. The van der Waals surface area contributed by atoms with Gasteiger partial charge < -0.3 is 10.2 Å². The number of piperidine rings is 1. The number of pyridine rings is 1. The molecule has 0 atom stereocenters. The van der Waals surface area contributed by atoms with E-state index in [9.17, 15) is 9.18 Å². The van der Waals surface area contributed by atoms with E-state index in [1.165, 1.54) is 17.4 Å². The Hall–Kier alpha value is -2.02. The first kappa shape index (κ1) is 14.9. The molecule has 0 spiro atoms. The van der Waals surface area contributed by atoms with E-state index in [4.69, 9.17) is 0 Å². The fraction of sp³-hybridized carbons (Fsp3) is 0.400. The van der Waals surface area contributed by atoms with Crippen molar-refractivity contribution in [1.82, 2.24) is 9.97 Å². The summed E-state index contributed by atoms with van der Waals surface area (Å²) in [5.74, 6) is 0.140. The highest BCUT2D eigenvalue weighted by atomic mass is 32.1. The van der Waals surface area contributed by atoms with Crippen molar-refractivity contribution in [3.8, 4) is 0 Å². The summed E-state index contributed by atoms with van der Waals surface area (Å²) < 4.78 is 13.2. The molecule has 1 aliphatic heterocycles. The number of carbonyl (C=O) groups is 1. The van der Waals surface area contributed by atoms with Crippen molar-refractivity contribution in [1.29, 1.82) is 0 Å². The summed E-state index contributed by atoms with van der Waals surface area (Å²) in [7, 11) is 0. The van der Waals surface area contributed by atoms with Crippen molar-refractivity contribution < 1.29 is 9.18 Å². The Labute approximate surface area is 132 Å². The van der Waals surface area contributed by atoms with Gasteiger partial charge >= 0.3 is 0 Å². The van der Waals surface area contributed by atoms with E-state index in [1.54, 1.807) is 12.1 Å². The minimum absolute atomic E-state index is 0.0150. The van der Waals surface area contributed by atoms with Crippen LogP contribution < -0.4 is 10.2 Å². The van der Waals surface area contributed by atoms with Crippen molar-refractivity contribution in [2.45, 2.75) is 19.8 Å². The van der Waals surface area contributed by atoms with Gasteiger partial charge in [0, 0.05) is 24.4 Å². The molecule has 1 fully saturated rings. The van der Waals surface area contributed by atoms with E-state index in [1.807, 2.05) is 17.2 Å². The van der Waals surface area contributed by atoms with Gasteiger partial charge in [-0.05, 0) is 31.9 Å². The molecule has 2 aromatic rings. The molecular weight excluding hydrogens is 303 g/mol. The maximum Gasteiger partial charge on any atom is 0.229 e. The van der Waals surface area contributed by atoms with Gasteiger partial charge in [-0.1, -0.05) is 6.07 Å². The quantitative estimate of drug-likeness (QED) is 0.884. The number of anilines is 2. The van der Waals surface area contributed by atoms with E-state index >= 15 is 0 Å². The molecule has 7 heteroatoms. The van der Waals surface area contributed by atoms with Crippen LogP contribution in [0.5, 0.6) is 0 Å². The number of aryl methyl sites for hydroxylation is 1. The van der Waals surface area contributed by atoms with Gasteiger partial charge in [-0.2, -0.15) is 4.39 Å². The number of rotatable bonds is 3. The van der Waals surface area contributed by atoms with Crippen molar-refractivity contribution in [3.63, 3.8) is 0 Å². The predicted molar refractivity (Wildman–Crippen MR) is 84.6 cm³/mol. The molecule has 0 saturated carbocycles. The van der Waals surface area contributed by atoms with Crippen LogP contribution in [-0.4, -0.2) is 29.0 Å². The first-order valence-electron chi connectivity index (χ1n) is 7.22. The summed E-state index contributed by atoms with van der Waals surface area (Å²) in [6, 6.07) is 4.78. The second-order valence-electron chi connectivity index (χ2n) is 5.36. The smallest absolute Gasteiger partial charge is 0.229 e. The maximum absolute atomic E-state index is 13.2. The van der Waals surface area contributed by atoms with Gasteiger partial charge in [-0.15, -0.1) is 11.3 Å². The number of hydrogen-bond donors (Lipinski definition) is 1. The average Bonchev–Trinajstić information content (AvgIpc) is 2.92. The SMILES string of the molecule is Cc1csc(NC(=O)C2CCN(c3cccc(F)n3)CC2)n1. The first-order chi connectivity index (χ1) is 10.6. The van der Waals surface area contributed by atoms with Crippen LogP contribution in [0.15, 0.2) is 23.6 Å². The van der Waals surface area contributed by atoms with Crippen molar-refractivity contribution in [2.24, 2.45) is 5.92 Å². The Balaban J connectivity index is 1.56. The number of nitrogens with one attached hydrogen (secondary N) is 1. The molecule has 116 valence electrons. The Bertz CT molecular complexity index is 667. The maximum atomic E-state index is 13.2. The number of halogens is 1. The van der Waals surface area contributed by atoms with Crippen LogP contribution in [0.1, 0.15) is 18.5 Å². The molecule has 22 heavy (non-hydrogen) atoms. The van der Waals surface area contributed by atoms with E-state index in [-0.39, 0.29) is 11.8 Å². The summed E-state index contributed by atoms with van der Waals surface area (Å²) in [6.07, 6.45) is 1.46. The minimum atomic E-state index is -0.475. The predicted octanol–water partition coefficient (Wildman–Crippen LogP) is 2.84. The van der Waals surface area contributed by atoms with Gasteiger partial charge in [-0.25, -0.2) is 9.97 Å². The molecule has 1 aliphatic rings. The van der Waals surface area contributed by atoms with Crippen LogP contribution >= 0.6 is 11.3 Å². The van der Waals surface area contributed by atoms with Crippen LogP contribution in [0.25, 0.3) is 0 Å². The Morgan fingerprint density at radius 3 is 2.77 bits per heavy atom. The lowest BCUT2D eigenvalue weighted by Crippen LogP contribution is -2.38. The van der Waals surface area contributed by atoms with Crippen LogP contribution in [-0.2, 0) is 4.79 Å². The molecule has 3 rings (SSSR count). The van der Waals surface area contributed by atoms with Crippen molar-refractivity contribution in [3.05, 3.63) is 35.2 Å². The fourth-order valence-corrected chi connectivity index (χ4v) is 3.25. The Morgan fingerprint density at radius 2 is 2.14 bits per heavy atom. The fourth-order valence-electron chi connectivity index (χ4n) is 2.56. The highest BCUT2D eigenvalue weighted by Gasteiger charge is 2.26. The summed E-state index contributed by atoms with van der Waals surface area (Å²) in [4.78, 5) is 22.4. The lowest BCUT2D eigenvalue weighted by atomic mass is 9.96. The van der Waals surface area contributed by atoms with Gasteiger partial charge in [0.1, 0.15) is 5.82 Å². The van der Waals surface area contributed by atoms with Crippen molar-refractivity contribution >= 4 is 28.2 Å². The lowest BCUT2D eigenvalue weighted by molar-refractivity contribution is -0.120. The van der Waals surface area contributed by atoms with Gasteiger partial charge in [-0.3, -0.25) is 4.79 Å². The van der Waals surface area contributed by atoms with Crippen LogP contribution in [0.3, 0.4) is 0 Å². The molecule has 0 aromatic carbocycles. The third kappa shape index (κ3) is 3.41. The highest BCUT2D eigenvalue weighted by molar-refractivity contribution is 7.13. The van der Waals surface area contributed by atoms with Crippen LogP contribution in [0, 0.1) is 18.8 Å². The summed E-state index contributed by atoms with van der Waals surface area (Å²) >= 11 is 1.44. The minimum Gasteiger partial charge on any atom is -0.356 e. The standard InChI is InChI=1S/C15H17FN4OS/c1-10-9-22-15(17-10)19-14(21)11-5-7-20(8-6-11)13-4-2-3-12(16)18-13/h2-4,9,11H,5-8H2,1H3,(H,17,19,21). The van der Waals surface area contributed by atoms with Gasteiger partial charge in [0.05, 0.1) is 5.69 Å². The number of hydrogen-bond acceptors (Lipinski definition) is 5. The van der Waals surface area contributed by atoms with E-state index in [0.29, 0.717) is 24.0 Å². The number of aromatic nitrogens is 2. The molecule has 0 bridgehead atoms. The second kappa shape index (κ2) is 6.39. The Kier molecular flexibility index (Phi) is 4.33. The molecule has 0 aliphatic carbocycles. The Morgan fingerprint density at radius 1 is 1.36 bits per heavy atom. The molecule has 2 aromatic heterocycles. The third-order valence-corrected chi connectivity index (χ3v) is 4.61. The number of carbonyl (C=O) groups excluding carboxylic acids is 1. The number of amides is 1. The molecule has 0 unspecified atom stereocenters. The van der Waals surface area contributed by atoms with Gasteiger partial charge in [0.2, 0.25) is 11.9 Å². The molecule has 1 amide bonds. The molecule has 1 saturated heterocycles. The lowest BCUT2D eigenvalue weighted by Gasteiger charge is -2.31. The zero-order valence-electron chi connectivity index (χ0n) is 12.3. The summed E-state index contributed by atoms with van der Waals surface area (Å²) in [6.45, 7) is 3.30. The van der Waals surface area contributed by atoms with Crippen LogP contribution in [0.2, 0.25) is 0 Å². The normalized spacial score (nSPS) is 15.8. The zero-order valence-corrected chi connectivity index (χ0v) is 13.1. The third-order valence-electron chi connectivity index (χ3n) is 3.74. The first-order valence-corrected chi connectivity index (χ1v) is 8.10. The van der Waals surface area contributed by atoms with Crippen LogP contribution in [0.4, 0.5) is 15.3 Å². The van der Waals surface area contributed by atoms with Crippen molar-refractivity contribution in [2.75, 3.05) is 23.3 Å². The number of thiazole rings is 1. The second-order valence-corrected chi connectivity index (χ2v) is 6.22. The van der Waals surface area contributed by atoms with Gasteiger partial charge in [0.25, 0.3) is 0 Å². The highest BCUT2D eigenvalue weighted by Crippen LogP contribution is 2.24.